The molecule has 13 heavy (non-hydrogen) atoms. The predicted octanol–water partition coefficient (Wildman–Crippen LogP) is 0.785. The summed E-state index contributed by atoms with van der Waals surface area (Å²) in [5, 5.41) is 8.29. The van der Waals surface area contributed by atoms with Crippen LogP contribution in [0.15, 0.2) is 0 Å². The highest BCUT2D eigenvalue weighted by Crippen LogP contribution is 1.89. The van der Waals surface area contributed by atoms with Gasteiger partial charge in [0, 0.05) is 20.2 Å². The van der Waals surface area contributed by atoms with Gasteiger partial charge in [-0.05, 0) is 6.42 Å². The van der Waals surface area contributed by atoms with Crippen LogP contribution in [0.25, 0.3) is 0 Å². The molecule has 0 atom stereocenters. The Hall–Kier alpha value is -1.08. The minimum Gasteiger partial charge on any atom is -0.372 e. The van der Waals surface area contributed by atoms with Crippen LogP contribution in [0, 0.1) is 11.3 Å². The standard InChI is InChI=1S/C9H16N2O2/c1-3-7-13-8-9(12)11(2)6-4-5-10/h3-4,6-8H2,1-2H3. The summed E-state index contributed by atoms with van der Waals surface area (Å²) in [6, 6.07) is 1.99. The topological polar surface area (TPSA) is 53.3 Å². The van der Waals surface area contributed by atoms with Gasteiger partial charge in [-0.3, -0.25) is 4.79 Å². The number of nitrogens with zero attached hydrogens (tertiary/aromatic N) is 2. The lowest BCUT2D eigenvalue weighted by molar-refractivity contribution is -0.134. The maximum atomic E-state index is 11.2. The van der Waals surface area contributed by atoms with Crippen molar-refractivity contribution in [2.75, 3.05) is 26.8 Å². The van der Waals surface area contributed by atoms with Crippen molar-refractivity contribution in [1.82, 2.24) is 4.90 Å². The molecule has 0 saturated carbocycles. The second-order valence-electron chi connectivity index (χ2n) is 2.78. The number of hydrogen-bond acceptors (Lipinski definition) is 3. The van der Waals surface area contributed by atoms with E-state index in [0.717, 1.165) is 6.42 Å². The van der Waals surface area contributed by atoms with E-state index < -0.39 is 0 Å². The number of amides is 1. The Morgan fingerprint density at radius 1 is 1.62 bits per heavy atom. The van der Waals surface area contributed by atoms with Gasteiger partial charge in [0.15, 0.2) is 0 Å². The fourth-order valence-corrected chi connectivity index (χ4v) is 0.756. The molecule has 74 valence electrons. The normalized spacial score (nSPS) is 9.31. The first-order valence-corrected chi connectivity index (χ1v) is 4.41. The third kappa shape index (κ3) is 6.12. The van der Waals surface area contributed by atoms with Crippen LogP contribution in [0.1, 0.15) is 19.8 Å². The molecule has 0 aromatic rings. The van der Waals surface area contributed by atoms with E-state index in [2.05, 4.69) is 0 Å². The zero-order valence-electron chi connectivity index (χ0n) is 8.25. The van der Waals surface area contributed by atoms with Gasteiger partial charge in [0.05, 0.1) is 12.5 Å². The summed E-state index contributed by atoms with van der Waals surface area (Å²) >= 11 is 0. The smallest absolute Gasteiger partial charge is 0.248 e. The Bertz CT molecular complexity index is 187. The third-order valence-corrected chi connectivity index (χ3v) is 1.56. The summed E-state index contributed by atoms with van der Waals surface area (Å²) in [4.78, 5) is 12.7. The maximum Gasteiger partial charge on any atom is 0.248 e. The fraction of sp³-hybridized carbons (Fsp3) is 0.778. The zero-order valence-corrected chi connectivity index (χ0v) is 8.25. The van der Waals surface area contributed by atoms with Crippen LogP contribution in [-0.4, -0.2) is 37.6 Å². The molecular weight excluding hydrogens is 168 g/mol. The number of carbonyl (C=O) groups excluding carboxylic acids is 1. The van der Waals surface area contributed by atoms with Crippen molar-refractivity contribution in [3.8, 4) is 6.07 Å². The first-order chi connectivity index (χ1) is 6.22. The lowest BCUT2D eigenvalue weighted by atomic mass is 10.4. The van der Waals surface area contributed by atoms with Crippen molar-refractivity contribution < 1.29 is 9.53 Å². The molecule has 0 radical (unpaired) electrons. The lowest BCUT2D eigenvalue weighted by Crippen LogP contribution is -2.31. The third-order valence-electron chi connectivity index (χ3n) is 1.56. The molecule has 0 aliphatic carbocycles. The van der Waals surface area contributed by atoms with Gasteiger partial charge in [-0.2, -0.15) is 5.26 Å². The van der Waals surface area contributed by atoms with E-state index in [1.54, 1.807) is 7.05 Å². The zero-order chi connectivity index (χ0) is 10.1. The van der Waals surface area contributed by atoms with Crippen LogP contribution in [0.4, 0.5) is 0 Å². The average molecular weight is 184 g/mol. The van der Waals surface area contributed by atoms with Crippen LogP contribution in [0.2, 0.25) is 0 Å². The van der Waals surface area contributed by atoms with Crippen molar-refractivity contribution in [1.29, 1.82) is 5.26 Å². The number of ether oxygens (including phenoxy) is 1. The van der Waals surface area contributed by atoms with E-state index in [4.69, 9.17) is 10.00 Å². The van der Waals surface area contributed by atoms with Gasteiger partial charge in [-0.15, -0.1) is 0 Å². The van der Waals surface area contributed by atoms with Gasteiger partial charge in [-0.1, -0.05) is 6.92 Å². The Morgan fingerprint density at radius 2 is 2.31 bits per heavy atom. The van der Waals surface area contributed by atoms with E-state index in [-0.39, 0.29) is 12.5 Å². The molecule has 0 aromatic heterocycles. The van der Waals surface area contributed by atoms with Gasteiger partial charge in [0.1, 0.15) is 6.61 Å². The first kappa shape index (κ1) is 11.9. The Kier molecular flexibility index (Phi) is 6.93. The highest BCUT2D eigenvalue weighted by atomic mass is 16.5. The second kappa shape index (κ2) is 7.56. The Labute approximate surface area is 79.1 Å². The molecule has 0 aromatic carbocycles. The lowest BCUT2D eigenvalue weighted by Gasteiger charge is -2.14. The van der Waals surface area contributed by atoms with Crippen molar-refractivity contribution in [2.24, 2.45) is 0 Å². The van der Waals surface area contributed by atoms with Gasteiger partial charge < -0.3 is 9.64 Å². The average Bonchev–Trinajstić information content (AvgIpc) is 2.14. The summed E-state index contributed by atoms with van der Waals surface area (Å²) < 4.78 is 5.07. The molecule has 0 unspecified atom stereocenters. The van der Waals surface area contributed by atoms with Crippen LogP contribution in [-0.2, 0) is 9.53 Å². The molecule has 0 N–H and O–H groups in total. The minimum atomic E-state index is -0.0660. The number of likely N-dealkylation sites (N-methyl/N-ethyl adjacent to an activating group) is 1. The van der Waals surface area contributed by atoms with E-state index in [1.807, 2.05) is 13.0 Å². The number of rotatable bonds is 6. The van der Waals surface area contributed by atoms with Gasteiger partial charge in [-0.25, -0.2) is 0 Å². The van der Waals surface area contributed by atoms with E-state index in [9.17, 15) is 4.79 Å². The van der Waals surface area contributed by atoms with Gasteiger partial charge in [0.25, 0.3) is 0 Å². The monoisotopic (exact) mass is 184 g/mol. The summed E-state index contributed by atoms with van der Waals surface area (Å²) in [7, 11) is 1.68. The van der Waals surface area contributed by atoms with Crippen LogP contribution >= 0.6 is 0 Å². The van der Waals surface area contributed by atoms with Crippen molar-refractivity contribution in [3.05, 3.63) is 0 Å². The molecule has 0 heterocycles. The summed E-state index contributed by atoms with van der Waals surface area (Å²) in [6.45, 7) is 3.20. The number of hydrogen-bond donors (Lipinski definition) is 0. The van der Waals surface area contributed by atoms with Crippen LogP contribution in [0.5, 0.6) is 0 Å². The SMILES string of the molecule is CCCOCC(=O)N(C)CCC#N. The largest absolute Gasteiger partial charge is 0.372 e. The Morgan fingerprint density at radius 3 is 2.85 bits per heavy atom. The van der Waals surface area contributed by atoms with E-state index in [1.165, 1.54) is 4.90 Å². The minimum absolute atomic E-state index is 0.0660. The number of nitriles is 1. The molecule has 4 heteroatoms. The molecule has 0 aliphatic rings. The Balaban J connectivity index is 3.52. The molecule has 0 rings (SSSR count). The quantitative estimate of drug-likeness (QED) is 0.573. The first-order valence-electron chi connectivity index (χ1n) is 4.41. The fourth-order valence-electron chi connectivity index (χ4n) is 0.756. The van der Waals surface area contributed by atoms with Crippen molar-refractivity contribution >= 4 is 5.91 Å². The van der Waals surface area contributed by atoms with Crippen molar-refractivity contribution in [2.45, 2.75) is 19.8 Å². The number of carbonyl (C=O) groups is 1. The molecule has 4 nitrogen and oxygen atoms in total. The predicted molar refractivity (Wildman–Crippen MR) is 49.0 cm³/mol. The molecule has 0 saturated heterocycles. The van der Waals surface area contributed by atoms with E-state index in [0.29, 0.717) is 19.6 Å². The highest BCUT2D eigenvalue weighted by Gasteiger charge is 2.06. The van der Waals surface area contributed by atoms with Gasteiger partial charge in [0.2, 0.25) is 5.91 Å². The highest BCUT2D eigenvalue weighted by molar-refractivity contribution is 5.77. The summed E-state index contributed by atoms with van der Waals surface area (Å²) in [6.07, 6.45) is 1.28. The molecule has 0 bridgehead atoms. The summed E-state index contributed by atoms with van der Waals surface area (Å²) in [5.74, 6) is -0.0660. The van der Waals surface area contributed by atoms with Crippen molar-refractivity contribution in [3.63, 3.8) is 0 Å². The summed E-state index contributed by atoms with van der Waals surface area (Å²) in [5.41, 5.74) is 0. The van der Waals surface area contributed by atoms with Crippen LogP contribution < -0.4 is 0 Å². The second-order valence-corrected chi connectivity index (χ2v) is 2.78. The molecule has 0 spiro atoms. The molecule has 0 aliphatic heterocycles. The van der Waals surface area contributed by atoms with Gasteiger partial charge >= 0.3 is 0 Å². The molecular formula is C9H16N2O2. The van der Waals surface area contributed by atoms with Crippen LogP contribution in [0.3, 0.4) is 0 Å². The van der Waals surface area contributed by atoms with E-state index >= 15 is 0 Å². The molecule has 1 amide bonds. The molecule has 0 fully saturated rings. The maximum absolute atomic E-state index is 11.2.